The molecule has 0 saturated heterocycles. The van der Waals surface area contributed by atoms with Gasteiger partial charge in [0.05, 0.1) is 82.8 Å². The van der Waals surface area contributed by atoms with E-state index in [0.29, 0.717) is 0 Å². The third-order valence-corrected chi connectivity index (χ3v) is 29.0. The molecule has 660 valence electrons. The highest BCUT2D eigenvalue weighted by Crippen LogP contribution is 2.45. The van der Waals surface area contributed by atoms with Gasteiger partial charge in [-0.3, -0.25) is 0 Å². The maximum atomic E-state index is 2.42. The van der Waals surface area contributed by atoms with Crippen molar-refractivity contribution in [3.63, 3.8) is 0 Å². The predicted molar refractivity (Wildman–Crippen MR) is 592 cm³/mol. The van der Waals surface area contributed by atoms with E-state index < -0.39 is 0 Å². The first-order valence-electron chi connectivity index (χ1n) is 48.3. The Bertz CT molecular complexity index is 9980. The highest BCUT2D eigenvalue weighted by atomic mass is 15.0. The van der Waals surface area contributed by atoms with E-state index in [4.69, 9.17) is 0 Å². The van der Waals surface area contributed by atoms with Crippen molar-refractivity contribution in [2.75, 3.05) is 0 Å². The van der Waals surface area contributed by atoms with E-state index in [0.717, 1.165) is 34.1 Å². The van der Waals surface area contributed by atoms with Crippen molar-refractivity contribution in [1.82, 2.24) is 41.1 Å². The van der Waals surface area contributed by atoms with Gasteiger partial charge >= 0.3 is 0 Å². The van der Waals surface area contributed by atoms with Crippen LogP contribution >= 0.6 is 0 Å². The van der Waals surface area contributed by atoms with Gasteiger partial charge in [-0.05, 0) is 270 Å². The van der Waals surface area contributed by atoms with Gasteiger partial charge in [-0.1, -0.05) is 273 Å². The minimum Gasteiger partial charge on any atom is -0.317 e. The van der Waals surface area contributed by atoms with Crippen molar-refractivity contribution in [2.24, 2.45) is 0 Å². The van der Waals surface area contributed by atoms with E-state index in [1.54, 1.807) is 0 Å². The summed E-state index contributed by atoms with van der Waals surface area (Å²) in [7, 11) is 0. The molecule has 21 aromatic carbocycles. The molecule has 30 aromatic rings. The van der Waals surface area contributed by atoms with Gasteiger partial charge in [0.2, 0.25) is 0 Å². The fourth-order valence-corrected chi connectivity index (χ4v) is 22.5. The largest absolute Gasteiger partial charge is 0.317 e. The topological polar surface area (TPSA) is 44.4 Å². The Morgan fingerprint density at radius 3 is 0.525 bits per heavy atom. The molecule has 30 rings (SSSR count). The fourth-order valence-electron chi connectivity index (χ4n) is 22.5. The van der Waals surface area contributed by atoms with Gasteiger partial charge in [0.15, 0.2) is 0 Å². The Labute approximate surface area is 811 Å². The van der Waals surface area contributed by atoms with Crippen LogP contribution in [0.25, 0.3) is 248 Å². The second kappa shape index (κ2) is 33.0. The predicted octanol–water partition coefficient (Wildman–Crippen LogP) is 34.5. The minimum absolute atomic E-state index is 1.14. The Balaban J connectivity index is 0.000000104. The molecule has 0 unspecified atom stereocenters. The normalized spacial score (nSPS) is 11.8. The fraction of sp³-hybridized carbons (Fsp3) is 0. The molecule has 0 atom stereocenters. The zero-order valence-corrected chi connectivity index (χ0v) is 76.8. The SMILES string of the molecule is c1ccc(-c2ccc3c(c2)c2cc(-c4ccccc4)ccc2n3-c2ccc(-n3c4ccccc4c4cc5c(ccn5-c5ccccc5)cc43)cc2)cc1.c1ccc(-c2ccc3c(c2)c2ccccc2n3-c2ccc(-n3c4ccccc4c4cc5c(ccn5-c5ccccc5)cc43)cc2)cc1.c1ccc(-n2ccc3cc4c(cc32)c2ccccc2n4-c2ccc(-n3c4ccccc4c4ccccc43)cc2)cc1. The highest BCUT2D eigenvalue weighted by molar-refractivity contribution is 6.19. The van der Waals surface area contributed by atoms with Crippen LogP contribution < -0.4 is 0 Å². The standard InChI is InChI=1S/C50H33N3.C44H29N3.C38H25N3/c1-4-12-34(13-5-1)36-20-26-47-43(30-36)44-31-37(35-14-6-2-7-15-35)21-27-48(44)52(47)40-22-24-41(25-23-40)53-46-19-11-10-18-42(46)45-33-49-38(32-50(45)53)28-29-51(49)39-16-8-3-9-17-39;1-3-11-30(12-4-1)31-19-24-42-38(27-31)36-15-7-9-17-40(36)46(42)34-20-22-35(23-21-34)47-41-18-10-8-16-37(41)39-29-43-32(28-44(39)47)25-26-45(43)33-13-5-2-6-14-33;1-2-10-27(11-3-1)39-23-22-26-24-38-33(25-37(26)39)32-14-6-9-17-36(32)41(38)29-20-18-28(19-21-29)40-34-15-7-4-12-30(34)31-13-5-8-16-35(31)40/h1-33H;1-29H;1-25H. The van der Waals surface area contributed by atoms with E-state index >= 15 is 0 Å². The molecule has 0 aliphatic heterocycles. The van der Waals surface area contributed by atoms with Crippen molar-refractivity contribution in [2.45, 2.75) is 0 Å². The number of hydrogen-bond donors (Lipinski definition) is 0. The van der Waals surface area contributed by atoms with Gasteiger partial charge in [-0.2, -0.15) is 0 Å². The Kier molecular flexibility index (Phi) is 18.8. The molecule has 0 radical (unpaired) electrons. The summed E-state index contributed by atoms with van der Waals surface area (Å²) < 4.78 is 21.3. The number of fused-ring (bicyclic) bond motifs is 21. The van der Waals surface area contributed by atoms with E-state index in [-0.39, 0.29) is 0 Å². The molecular formula is C132H87N9. The van der Waals surface area contributed by atoms with Crippen LogP contribution in [0.1, 0.15) is 0 Å². The third kappa shape index (κ3) is 13.3. The molecule has 9 heteroatoms. The lowest BCUT2D eigenvalue weighted by Gasteiger charge is -2.12. The van der Waals surface area contributed by atoms with Crippen molar-refractivity contribution < 1.29 is 0 Å². The monoisotopic (exact) mass is 1800 g/mol. The molecule has 9 heterocycles. The van der Waals surface area contributed by atoms with Gasteiger partial charge in [0, 0.05) is 151 Å². The van der Waals surface area contributed by atoms with Crippen LogP contribution in [0.2, 0.25) is 0 Å². The molecule has 9 aromatic heterocycles. The van der Waals surface area contributed by atoms with Crippen LogP contribution in [0.4, 0.5) is 0 Å². The van der Waals surface area contributed by atoms with E-state index in [1.165, 1.54) is 214 Å². The zero-order chi connectivity index (χ0) is 92.7. The summed E-state index contributed by atoms with van der Waals surface area (Å²) in [6.45, 7) is 0. The van der Waals surface area contributed by atoms with Crippen molar-refractivity contribution in [3.05, 3.63) is 528 Å². The average molecular weight is 1800 g/mol. The van der Waals surface area contributed by atoms with Gasteiger partial charge in [-0.15, -0.1) is 0 Å². The summed E-state index contributed by atoms with van der Waals surface area (Å²) in [6.07, 6.45) is 6.53. The van der Waals surface area contributed by atoms with Crippen LogP contribution in [0.5, 0.6) is 0 Å². The molecular weight excluding hydrogens is 1710 g/mol. The highest BCUT2D eigenvalue weighted by Gasteiger charge is 2.24. The van der Waals surface area contributed by atoms with Crippen molar-refractivity contribution in [3.8, 4) is 84.6 Å². The van der Waals surface area contributed by atoms with Gasteiger partial charge < -0.3 is 41.1 Å². The molecule has 0 aliphatic rings. The first-order valence-corrected chi connectivity index (χ1v) is 48.3. The first-order chi connectivity index (χ1) is 69.9. The molecule has 141 heavy (non-hydrogen) atoms. The second-order valence-electron chi connectivity index (χ2n) is 36.8. The summed E-state index contributed by atoms with van der Waals surface area (Å²) in [5.41, 5.74) is 35.9. The molecule has 0 saturated carbocycles. The van der Waals surface area contributed by atoms with Crippen LogP contribution in [0.3, 0.4) is 0 Å². The van der Waals surface area contributed by atoms with Crippen LogP contribution in [-0.4, -0.2) is 41.1 Å². The molecule has 0 N–H and O–H groups in total. The van der Waals surface area contributed by atoms with Gasteiger partial charge in [0.25, 0.3) is 0 Å². The molecule has 0 aliphatic carbocycles. The summed E-state index contributed by atoms with van der Waals surface area (Å²) >= 11 is 0. The van der Waals surface area contributed by atoms with E-state index in [9.17, 15) is 0 Å². The van der Waals surface area contributed by atoms with Crippen molar-refractivity contribution in [1.29, 1.82) is 0 Å². The van der Waals surface area contributed by atoms with Gasteiger partial charge in [0.1, 0.15) is 0 Å². The molecule has 9 nitrogen and oxygen atoms in total. The lowest BCUT2D eigenvalue weighted by molar-refractivity contribution is 1.13. The van der Waals surface area contributed by atoms with Crippen molar-refractivity contribution >= 4 is 164 Å². The minimum atomic E-state index is 1.14. The van der Waals surface area contributed by atoms with Crippen LogP contribution in [-0.2, 0) is 0 Å². The average Bonchev–Trinajstić information content (AvgIpc) is 1.58. The summed E-state index contributed by atoms with van der Waals surface area (Å²) in [6, 6.07) is 185. The lowest BCUT2D eigenvalue weighted by Crippen LogP contribution is -1.97. The lowest BCUT2D eigenvalue weighted by atomic mass is 10.0. The molecule has 0 amide bonds. The number of para-hydroxylation sites is 9. The smallest absolute Gasteiger partial charge is 0.0548 e. The maximum Gasteiger partial charge on any atom is 0.0548 e. The number of aromatic nitrogens is 9. The maximum absolute atomic E-state index is 2.42. The third-order valence-electron chi connectivity index (χ3n) is 29.0. The molecule has 0 spiro atoms. The molecule has 0 bridgehead atoms. The van der Waals surface area contributed by atoms with E-state index in [1.807, 2.05) is 0 Å². The number of nitrogens with zero attached hydrogens (tertiary/aromatic N) is 9. The number of hydrogen-bond acceptors (Lipinski definition) is 0. The second-order valence-corrected chi connectivity index (χ2v) is 36.8. The molecule has 0 fully saturated rings. The zero-order valence-electron chi connectivity index (χ0n) is 76.8. The first kappa shape index (κ1) is 80.5. The number of benzene rings is 21. The van der Waals surface area contributed by atoms with E-state index in [2.05, 4.69) is 569 Å². The Hall–Kier alpha value is -19.0. The number of rotatable bonds is 12. The van der Waals surface area contributed by atoms with Crippen LogP contribution in [0, 0.1) is 0 Å². The van der Waals surface area contributed by atoms with Crippen LogP contribution in [0.15, 0.2) is 528 Å². The quantitative estimate of drug-likeness (QED) is 0.117. The summed E-state index contributed by atoms with van der Waals surface area (Å²) in [5, 5.41) is 18.8. The van der Waals surface area contributed by atoms with Gasteiger partial charge in [-0.25, -0.2) is 0 Å². The Morgan fingerprint density at radius 2 is 0.284 bits per heavy atom. The summed E-state index contributed by atoms with van der Waals surface area (Å²) in [4.78, 5) is 0. The Morgan fingerprint density at radius 1 is 0.0993 bits per heavy atom. The summed E-state index contributed by atoms with van der Waals surface area (Å²) in [5.74, 6) is 0.